The van der Waals surface area contributed by atoms with E-state index in [9.17, 15) is 13.2 Å². The van der Waals surface area contributed by atoms with Gasteiger partial charge in [0.25, 0.3) is 0 Å². The third-order valence-electron chi connectivity index (χ3n) is 2.64. The topological polar surface area (TPSA) is 12.0 Å². The quantitative estimate of drug-likeness (QED) is 0.868. The Morgan fingerprint density at radius 1 is 0.944 bits per heavy atom. The van der Waals surface area contributed by atoms with Gasteiger partial charge >= 0.3 is 0 Å². The second-order valence-electron chi connectivity index (χ2n) is 4.04. The Hall–Kier alpha value is -1.97. The van der Waals surface area contributed by atoms with Crippen LogP contribution in [-0.4, -0.2) is 0 Å². The highest BCUT2D eigenvalue weighted by Crippen LogP contribution is 2.18. The third-order valence-corrected chi connectivity index (χ3v) is 2.64. The number of hydrogen-bond acceptors (Lipinski definition) is 1. The fourth-order valence-electron chi connectivity index (χ4n) is 1.65. The molecule has 0 atom stereocenters. The van der Waals surface area contributed by atoms with Crippen LogP contribution in [0.1, 0.15) is 11.1 Å². The van der Waals surface area contributed by atoms with Crippen LogP contribution in [0.15, 0.2) is 36.4 Å². The molecule has 0 amide bonds. The fourth-order valence-corrected chi connectivity index (χ4v) is 1.65. The molecule has 0 saturated carbocycles. The van der Waals surface area contributed by atoms with Gasteiger partial charge in [-0.15, -0.1) is 0 Å². The van der Waals surface area contributed by atoms with Crippen molar-refractivity contribution >= 4 is 5.69 Å². The van der Waals surface area contributed by atoms with Gasteiger partial charge in [-0.05, 0) is 36.8 Å². The molecule has 0 aliphatic rings. The number of anilines is 1. The molecule has 1 nitrogen and oxygen atoms in total. The Balaban J connectivity index is 2.16. The van der Waals surface area contributed by atoms with Crippen LogP contribution in [0.4, 0.5) is 18.9 Å². The van der Waals surface area contributed by atoms with Gasteiger partial charge in [0.05, 0.1) is 5.69 Å². The average Bonchev–Trinajstić information content (AvgIpc) is 2.31. The number of nitrogens with one attached hydrogen (secondary N) is 1. The highest BCUT2D eigenvalue weighted by atomic mass is 19.1. The van der Waals surface area contributed by atoms with Gasteiger partial charge < -0.3 is 5.32 Å². The Kier molecular flexibility index (Phi) is 3.55. The van der Waals surface area contributed by atoms with E-state index in [-0.39, 0.29) is 17.8 Å². The predicted molar refractivity (Wildman–Crippen MR) is 64.8 cm³/mol. The molecule has 0 fully saturated rings. The largest absolute Gasteiger partial charge is 0.378 e. The van der Waals surface area contributed by atoms with Crippen molar-refractivity contribution in [2.24, 2.45) is 0 Å². The van der Waals surface area contributed by atoms with Gasteiger partial charge in [0.15, 0.2) is 0 Å². The summed E-state index contributed by atoms with van der Waals surface area (Å²) < 4.78 is 40.2. The second-order valence-corrected chi connectivity index (χ2v) is 4.04. The molecule has 0 aliphatic carbocycles. The van der Waals surface area contributed by atoms with Crippen molar-refractivity contribution in [3.8, 4) is 0 Å². The van der Waals surface area contributed by atoms with Crippen LogP contribution in [0.2, 0.25) is 0 Å². The maximum atomic E-state index is 13.5. The van der Waals surface area contributed by atoms with Crippen LogP contribution in [0, 0.1) is 24.4 Å². The van der Waals surface area contributed by atoms with Gasteiger partial charge in [0.2, 0.25) is 0 Å². The average molecular weight is 251 g/mol. The molecule has 0 spiro atoms. The molecular weight excluding hydrogens is 239 g/mol. The summed E-state index contributed by atoms with van der Waals surface area (Å²) >= 11 is 0. The zero-order valence-electron chi connectivity index (χ0n) is 9.81. The molecule has 2 rings (SSSR count). The van der Waals surface area contributed by atoms with Crippen LogP contribution >= 0.6 is 0 Å². The van der Waals surface area contributed by atoms with E-state index in [0.717, 1.165) is 5.56 Å². The Morgan fingerprint density at radius 3 is 2.22 bits per heavy atom. The van der Waals surface area contributed by atoms with E-state index in [1.165, 1.54) is 24.3 Å². The van der Waals surface area contributed by atoms with Gasteiger partial charge in [-0.1, -0.05) is 12.1 Å². The van der Waals surface area contributed by atoms with E-state index in [2.05, 4.69) is 5.32 Å². The Bertz CT molecular complexity index is 547. The van der Waals surface area contributed by atoms with Gasteiger partial charge in [-0.25, -0.2) is 13.2 Å². The van der Waals surface area contributed by atoms with Crippen LogP contribution in [-0.2, 0) is 6.54 Å². The van der Waals surface area contributed by atoms with E-state index < -0.39 is 17.5 Å². The van der Waals surface area contributed by atoms with Gasteiger partial charge in [-0.3, -0.25) is 0 Å². The van der Waals surface area contributed by atoms with Crippen molar-refractivity contribution in [2.45, 2.75) is 13.5 Å². The van der Waals surface area contributed by atoms with Crippen LogP contribution in [0.3, 0.4) is 0 Å². The molecule has 2 aromatic carbocycles. The number of rotatable bonds is 3. The van der Waals surface area contributed by atoms with Crippen LogP contribution < -0.4 is 5.32 Å². The summed E-state index contributed by atoms with van der Waals surface area (Å²) in [5.74, 6) is -1.73. The standard InChI is InChI=1S/C14H12F3N/c1-9-5-6-14(13(17)7-9)18-8-10-11(15)3-2-4-12(10)16/h2-7,18H,8H2,1H3. The summed E-state index contributed by atoms with van der Waals surface area (Å²) in [5, 5.41) is 2.68. The predicted octanol–water partition coefficient (Wildman–Crippen LogP) is 4.02. The molecule has 0 unspecified atom stereocenters. The number of hydrogen-bond donors (Lipinski definition) is 1. The monoisotopic (exact) mass is 251 g/mol. The van der Waals surface area contributed by atoms with E-state index in [1.807, 2.05) is 0 Å². The third kappa shape index (κ3) is 2.64. The highest BCUT2D eigenvalue weighted by Gasteiger charge is 2.09. The van der Waals surface area contributed by atoms with Crippen LogP contribution in [0.25, 0.3) is 0 Å². The maximum Gasteiger partial charge on any atom is 0.146 e. The first-order chi connectivity index (χ1) is 8.58. The molecule has 0 bridgehead atoms. The molecule has 0 heterocycles. The summed E-state index contributed by atoms with van der Waals surface area (Å²) in [5.41, 5.74) is 0.913. The first kappa shape index (κ1) is 12.5. The second kappa shape index (κ2) is 5.12. The maximum absolute atomic E-state index is 13.5. The lowest BCUT2D eigenvalue weighted by atomic mass is 10.1. The molecule has 0 radical (unpaired) electrons. The summed E-state index contributed by atoms with van der Waals surface area (Å²) in [6.07, 6.45) is 0. The van der Waals surface area contributed by atoms with Gasteiger partial charge in [-0.2, -0.15) is 0 Å². The number of halogens is 3. The van der Waals surface area contributed by atoms with Crippen molar-refractivity contribution in [3.05, 3.63) is 65.0 Å². The van der Waals surface area contributed by atoms with Crippen molar-refractivity contribution in [1.82, 2.24) is 0 Å². The SMILES string of the molecule is Cc1ccc(NCc2c(F)cccc2F)c(F)c1. The lowest BCUT2D eigenvalue weighted by Gasteiger charge is -2.09. The van der Waals surface area contributed by atoms with Crippen molar-refractivity contribution in [3.63, 3.8) is 0 Å². The summed E-state index contributed by atoms with van der Waals surface area (Å²) in [6.45, 7) is 1.67. The fraction of sp³-hybridized carbons (Fsp3) is 0.143. The first-order valence-electron chi connectivity index (χ1n) is 5.51. The highest BCUT2D eigenvalue weighted by molar-refractivity contribution is 5.46. The van der Waals surface area contributed by atoms with Crippen molar-refractivity contribution in [2.75, 3.05) is 5.32 Å². The summed E-state index contributed by atoms with van der Waals surface area (Å²) in [7, 11) is 0. The zero-order chi connectivity index (χ0) is 13.1. The molecule has 18 heavy (non-hydrogen) atoms. The van der Waals surface area contributed by atoms with Gasteiger partial charge in [0, 0.05) is 12.1 Å². The molecule has 0 aliphatic heterocycles. The lowest BCUT2D eigenvalue weighted by Crippen LogP contribution is -2.05. The lowest BCUT2D eigenvalue weighted by molar-refractivity contribution is 0.559. The van der Waals surface area contributed by atoms with Crippen LogP contribution in [0.5, 0.6) is 0 Å². The van der Waals surface area contributed by atoms with Crippen molar-refractivity contribution in [1.29, 1.82) is 0 Å². The minimum absolute atomic E-state index is 0.0987. The first-order valence-corrected chi connectivity index (χ1v) is 5.51. The Morgan fingerprint density at radius 2 is 1.61 bits per heavy atom. The van der Waals surface area contributed by atoms with E-state index in [4.69, 9.17) is 0 Å². The van der Waals surface area contributed by atoms with E-state index in [0.29, 0.717) is 0 Å². The molecule has 0 aromatic heterocycles. The minimum Gasteiger partial charge on any atom is -0.378 e. The molecule has 0 saturated heterocycles. The zero-order valence-corrected chi connectivity index (χ0v) is 9.81. The number of benzene rings is 2. The molecule has 4 heteroatoms. The minimum atomic E-state index is -0.644. The summed E-state index contributed by atoms with van der Waals surface area (Å²) in [6, 6.07) is 8.27. The van der Waals surface area contributed by atoms with E-state index in [1.54, 1.807) is 19.1 Å². The summed E-state index contributed by atoms with van der Waals surface area (Å²) in [4.78, 5) is 0. The molecule has 94 valence electrons. The smallest absolute Gasteiger partial charge is 0.146 e. The van der Waals surface area contributed by atoms with E-state index >= 15 is 0 Å². The van der Waals surface area contributed by atoms with Gasteiger partial charge in [0.1, 0.15) is 17.5 Å². The molecule has 2 aromatic rings. The molecule has 1 N–H and O–H groups in total. The van der Waals surface area contributed by atoms with Crippen molar-refractivity contribution < 1.29 is 13.2 Å². The normalized spacial score (nSPS) is 10.4. The number of aryl methyl sites for hydroxylation is 1. The molecular formula is C14H12F3N. The Labute approximate surface area is 103 Å².